The Kier molecular flexibility index (Phi) is 3.96. The molecule has 0 radical (unpaired) electrons. The summed E-state index contributed by atoms with van der Waals surface area (Å²) >= 11 is 9.09. The first-order valence-electron chi connectivity index (χ1n) is 4.27. The molecule has 0 aromatic heterocycles. The van der Waals surface area contributed by atoms with Crippen LogP contribution in [0.1, 0.15) is 22.8 Å². The maximum atomic E-state index is 11.4. The number of hydrogen-bond donors (Lipinski definition) is 1. The van der Waals surface area contributed by atoms with Crippen molar-refractivity contribution < 1.29 is 4.79 Å². The molecule has 0 aliphatic heterocycles. The zero-order valence-electron chi connectivity index (χ0n) is 7.81. The zero-order valence-corrected chi connectivity index (χ0v) is 10.2. The summed E-state index contributed by atoms with van der Waals surface area (Å²) in [5.74, 6) is -0.0127. The van der Waals surface area contributed by atoms with Gasteiger partial charge in [-0.2, -0.15) is 0 Å². The monoisotopic (exact) mass is 275 g/mol. The molecule has 0 bridgehead atoms. The normalized spacial score (nSPS) is 10.2. The highest BCUT2D eigenvalue weighted by Crippen LogP contribution is 2.25. The van der Waals surface area contributed by atoms with Crippen molar-refractivity contribution in [1.82, 2.24) is 0 Å². The van der Waals surface area contributed by atoms with Crippen LogP contribution in [0, 0.1) is 0 Å². The Morgan fingerprint density at radius 3 is 2.64 bits per heavy atom. The molecular formula is C10H11BrClNO. The van der Waals surface area contributed by atoms with Gasteiger partial charge in [0.25, 0.3) is 0 Å². The lowest BCUT2D eigenvalue weighted by Gasteiger charge is -2.07. The second-order valence-corrected chi connectivity index (χ2v) is 3.90. The summed E-state index contributed by atoms with van der Waals surface area (Å²) in [5, 5.41) is 0.852. The van der Waals surface area contributed by atoms with E-state index in [-0.39, 0.29) is 11.1 Å². The van der Waals surface area contributed by atoms with Crippen molar-refractivity contribution in [1.29, 1.82) is 0 Å². The fraction of sp³-hybridized carbons (Fsp3) is 0.300. The highest BCUT2D eigenvalue weighted by molar-refractivity contribution is 9.09. The van der Waals surface area contributed by atoms with Crippen molar-refractivity contribution in [3.63, 3.8) is 0 Å². The topological polar surface area (TPSA) is 43.1 Å². The Bertz CT molecular complexity index is 342. The van der Waals surface area contributed by atoms with Crippen LogP contribution in [-0.2, 0) is 6.42 Å². The second kappa shape index (κ2) is 4.80. The molecule has 0 unspecified atom stereocenters. The van der Waals surface area contributed by atoms with Gasteiger partial charge >= 0.3 is 0 Å². The van der Waals surface area contributed by atoms with Crippen LogP contribution in [-0.4, -0.2) is 11.1 Å². The van der Waals surface area contributed by atoms with Crippen LogP contribution in [0.3, 0.4) is 0 Å². The number of halogens is 2. The number of carbonyl (C=O) groups is 1. The Hall–Kier alpha value is -0.540. The molecule has 0 heterocycles. The summed E-state index contributed by atoms with van der Waals surface area (Å²) in [6.45, 7) is 1.98. The average molecular weight is 277 g/mol. The van der Waals surface area contributed by atoms with Gasteiger partial charge in [0.2, 0.25) is 0 Å². The molecule has 0 spiro atoms. The highest BCUT2D eigenvalue weighted by atomic mass is 79.9. The van der Waals surface area contributed by atoms with Gasteiger partial charge in [0, 0.05) is 16.3 Å². The van der Waals surface area contributed by atoms with Crippen molar-refractivity contribution in [2.45, 2.75) is 13.3 Å². The summed E-state index contributed by atoms with van der Waals surface area (Å²) < 4.78 is 0. The predicted molar refractivity (Wildman–Crippen MR) is 63.4 cm³/mol. The van der Waals surface area contributed by atoms with Crippen LogP contribution in [0.25, 0.3) is 0 Å². The third-order valence-electron chi connectivity index (χ3n) is 2.03. The summed E-state index contributed by atoms with van der Waals surface area (Å²) in [5.41, 5.74) is 7.82. The van der Waals surface area contributed by atoms with Gasteiger partial charge in [-0.25, -0.2) is 0 Å². The first-order valence-corrected chi connectivity index (χ1v) is 5.77. The maximum absolute atomic E-state index is 11.4. The number of ketones is 1. The summed E-state index contributed by atoms with van der Waals surface area (Å²) in [6.07, 6.45) is 0.771. The number of nitrogens with two attached hydrogens (primary N) is 1. The standard InChI is InChI=1S/C10H11BrClNO/c1-2-7-8(12)3-6(4-9(7)13)10(14)5-11/h3-4H,2,5,13H2,1H3. The van der Waals surface area contributed by atoms with Gasteiger partial charge < -0.3 is 5.73 Å². The predicted octanol–water partition coefficient (Wildman–Crippen LogP) is 3.06. The van der Waals surface area contributed by atoms with E-state index in [0.29, 0.717) is 16.3 Å². The number of alkyl halides is 1. The zero-order chi connectivity index (χ0) is 10.7. The molecular weight excluding hydrogens is 265 g/mol. The lowest BCUT2D eigenvalue weighted by molar-refractivity contribution is 0.102. The van der Waals surface area contributed by atoms with E-state index < -0.39 is 0 Å². The van der Waals surface area contributed by atoms with E-state index in [1.807, 2.05) is 6.92 Å². The van der Waals surface area contributed by atoms with Gasteiger partial charge in [-0.15, -0.1) is 0 Å². The van der Waals surface area contributed by atoms with E-state index in [1.54, 1.807) is 12.1 Å². The maximum Gasteiger partial charge on any atom is 0.173 e. The smallest absolute Gasteiger partial charge is 0.173 e. The molecule has 14 heavy (non-hydrogen) atoms. The number of Topliss-reactive ketones (excluding diaryl/α,β-unsaturated/α-hetero) is 1. The van der Waals surface area contributed by atoms with Crippen LogP contribution >= 0.6 is 27.5 Å². The van der Waals surface area contributed by atoms with E-state index in [2.05, 4.69) is 15.9 Å². The molecule has 4 heteroatoms. The summed E-state index contributed by atoms with van der Waals surface area (Å²) in [7, 11) is 0. The van der Waals surface area contributed by atoms with Crippen molar-refractivity contribution in [2.24, 2.45) is 0 Å². The number of benzene rings is 1. The molecule has 1 rings (SSSR count). The summed E-state index contributed by atoms with van der Waals surface area (Å²) in [6, 6.07) is 3.34. The van der Waals surface area contributed by atoms with Crippen molar-refractivity contribution in [3.05, 3.63) is 28.3 Å². The molecule has 0 saturated heterocycles. The minimum atomic E-state index is -0.0127. The van der Waals surface area contributed by atoms with Gasteiger partial charge in [0.05, 0.1) is 5.33 Å². The quantitative estimate of drug-likeness (QED) is 0.524. The number of carbonyl (C=O) groups excluding carboxylic acids is 1. The van der Waals surface area contributed by atoms with E-state index in [0.717, 1.165) is 12.0 Å². The van der Waals surface area contributed by atoms with Crippen molar-refractivity contribution in [3.8, 4) is 0 Å². The van der Waals surface area contributed by atoms with Crippen LogP contribution in [0.4, 0.5) is 5.69 Å². The minimum Gasteiger partial charge on any atom is -0.398 e. The Morgan fingerprint density at radius 2 is 2.21 bits per heavy atom. The van der Waals surface area contributed by atoms with Gasteiger partial charge in [0.15, 0.2) is 5.78 Å². The van der Waals surface area contributed by atoms with Crippen LogP contribution < -0.4 is 5.73 Å². The van der Waals surface area contributed by atoms with E-state index in [9.17, 15) is 4.79 Å². The fourth-order valence-electron chi connectivity index (χ4n) is 1.27. The van der Waals surface area contributed by atoms with E-state index in [1.165, 1.54) is 0 Å². The highest BCUT2D eigenvalue weighted by Gasteiger charge is 2.10. The molecule has 0 aliphatic carbocycles. The molecule has 1 aromatic carbocycles. The lowest BCUT2D eigenvalue weighted by atomic mass is 10.1. The number of nitrogen functional groups attached to an aromatic ring is 1. The molecule has 0 amide bonds. The number of anilines is 1. The van der Waals surface area contributed by atoms with Crippen LogP contribution in [0.15, 0.2) is 12.1 Å². The molecule has 0 fully saturated rings. The second-order valence-electron chi connectivity index (χ2n) is 2.94. The molecule has 2 N–H and O–H groups in total. The Balaban J connectivity index is 3.20. The van der Waals surface area contributed by atoms with Crippen molar-refractivity contribution in [2.75, 3.05) is 11.1 Å². The molecule has 2 nitrogen and oxygen atoms in total. The third kappa shape index (κ3) is 2.28. The SMILES string of the molecule is CCc1c(N)cc(C(=O)CBr)cc1Cl. The van der Waals surface area contributed by atoms with Crippen molar-refractivity contribution >= 4 is 39.0 Å². The lowest BCUT2D eigenvalue weighted by Crippen LogP contribution is -2.03. The van der Waals surface area contributed by atoms with Gasteiger partial charge in [-0.3, -0.25) is 4.79 Å². The number of rotatable bonds is 3. The number of hydrogen-bond acceptors (Lipinski definition) is 2. The summed E-state index contributed by atoms with van der Waals surface area (Å²) in [4.78, 5) is 11.4. The van der Waals surface area contributed by atoms with E-state index in [4.69, 9.17) is 17.3 Å². The molecule has 1 aromatic rings. The van der Waals surface area contributed by atoms with Gasteiger partial charge in [-0.05, 0) is 24.1 Å². The molecule has 0 saturated carbocycles. The molecule has 76 valence electrons. The van der Waals surface area contributed by atoms with Crippen LogP contribution in [0.2, 0.25) is 5.02 Å². The van der Waals surface area contributed by atoms with Gasteiger partial charge in [-0.1, -0.05) is 34.5 Å². The van der Waals surface area contributed by atoms with Gasteiger partial charge in [0.1, 0.15) is 0 Å². The Labute approximate surface area is 96.6 Å². The Morgan fingerprint density at radius 1 is 1.57 bits per heavy atom. The molecule has 0 atom stereocenters. The average Bonchev–Trinajstić information content (AvgIpc) is 2.16. The first kappa shape index (κ1) is 11.5. The molecule has 0 aliphatic rings. The largest absolute Gasteiger partial charge is 0.398 e. The minimum absolute atomic E-state index is 0.0127. The third-order valence-corrected chi connectivity index (χ3v) is 2.87. The van der Waals surface area contributed by atoms with E-state index >= 15 is 0 Å². The van der Waals surface area contributed by atoms with Crippen LogP contribution in [0.5, 0.6) is 0 Å². The first-order chi connectivity index (χ1) is 6.60. The fourth-order valence-corrected chi connectivity index (χ4v) is 1.95.